The van der Waals surface area contributed by atoms with Crippen LogP contribution in [0.2, 0.25) is 0 Å². The minimum Gasteiger partial charge on any atom is -0.497 e. The van der Waals surface area contributed by atoms with Gasteiger partial charge < -0.3 is 9.64 Å². The quantitative estimate of drug-likeness (QED) is 0.746. The Bertz CT molecular complexity index is 1030. The Hall–Kier alpha value is -3.21. The molecule has 0 saturated carbocycles. The number of hydrogen-bond donors (Lipinski definition) is 1. The van der Waals surface area contributed by atoms with E-state index in [1.165, 1.54) is 28.0 Å². The van der Waals surface area contributed by atoms with Gasteiger partial charge in [-0.25, -0.2) is 0 Å². The largest absolute Gasteiger partial charge is 0.497 e. The van der Waals surface area contributed by atoms with Crippen molar-refractivity contribution in [1.82, 2.24) is 10.4 Å². The van der Waals surface area contributed by atoms with Crippen molar-refractivity contribution >= 4 is 17.2 Å². The van der Waals surface area contributed by atoms with E-state index in [0.717, 1.165) is 30.0 Å². The smallest absolute Gasteiger partial charge is 0.154 e. The number of rotatable bonds is 5. The standard InChI is InChI=1S/C25H29N3O2/c1-16(14-17(2)29)28-25(19-6-10-20(11-7-19)27(3)4)22-13-9-18-8-12-21(30-5)15-23(18)24(22)26-28/h6-8,10-12,14-15,25-26H,9,13H2,1-5H3. The molecule has 2 aromatic carbocycles. The first-order valence-electron chi connectivity index (χ1n) is 10.3. The number of nitrogens with zero attached hydrogens (tertiary/aromatic N) is 2. The molecule has 0 saturated heterocycles. The van der Waals surface area contributed by atoms with Gasteiger partial charge in [-0.2, -0.15) is 0 Å². The zero-order valence-electron chi connectivity index (χ0n) is 18.3. The molecule has 4 rings (SSSR count). The Balaban J connectivity index is 1.82. The number of hydrazine groups is 1. The van der Waals surface area contributed by atoms with Gasteiger partial charge in [0.15, 0.2) is 5.78 Å². The summed E-state index contributed by atoms with van der Waals surface area (Å²) in [7, 11) is 5.79. The van der Waals surface area contributed by atoms with Gasteiger partial charge >= 0.3 is 0 Å². The van der Waals surface area contributed by atoms with Crippen molar-refractivity contribution in [2.24, 2.45) is 0 Å². The highest BCUT2D eigenvalue weighted by Crippen LogP contribution is 2.46. The van der Waals surface area contributed by atoms with Gasteiger partial charge in [-0.15, -0.1) is 0 Å². The fourth-order valence-corrected chi connectivity index (χ4v) is 4.41. The fourth-order valence-electron chi connectivity index (χ4n) is 4.41. The molecule has 0 spiro atoms. The van der Waals surface area contributed by atoms with E-state index in [1.54, 1.807) is 20.1 Å². The van der Waals surface area contributed by atoms with Crippen LogP contribution in [0, 0.1) is 0 Å². The van der Waals surface area contributed by atoms with E-state index in [-0.39, 0.29) is 11.8 Å². The maximum Gasteiger partial charge on any atom is 0.154 e. The van der Waals surface area contributed by atoms with Gasteiger partial charge in [0.1, 0.15) is 5.75 Å². The number of carbonyl (C=O) groups excluding carboxylic acids is 1. The number of ether oxygens (including phenoxy) is 1. The molecule has 2 aliphatic rings. The molecule has 2 aromatic rings. The molecule has 5 heteroatoms. The third-order valence-corrected chi connectivity index (χ3v) is 5.91. The zero-order chi connectivity index (χ0) is 21.4. The van der Waals surface area contributed by atoms with E-state index in [4.69, 9.17) is 4.74 Å². The maximum atomic E-state index is 11.8. The van der Waals surface area contributed by atoms with Crippen LogP contribution >= 0.6 is 0 Å². The van der Waals surface area contributed by atoms with Crippen LogP contribution in [0.25, 0.3) is 5.70 Å². The summed E-state index contributed by atoms with van der Waals surface area (Å²) in [6.07, 6.45) is 3.67. The average Bonchev–Trinajstić information content (AvgIpc) is 3.13. The van der Waals surface area contributed by atoms with Gasteiger partial charge in [0.05, 0.1) is 18.8 Å². The number of ketones is 1. The second-order valence-corrected chi connectivity index (χ2v) is 8.19. The number of fused-ring (bicyclic) bond motifs is 2. The fraction of sp³-hybridized carbons (Fsp3) is 0.320. The molecule has 30 heavy (non-hydrogen) atoms. The molecule has 0 radical (unpaired) electrons. The van der Waals surface area contributed by atoms with Gasteiger partial charge in [-0.05, 0) is 67.7 Å². The summed E-state index contributed by atoms with van der Waals surface area (Å²) >= 11 is 0. The third-order valence-electron chi connectivity index (χ3n) is 5.91. The Labute approximate surface area is 178 Å². The summed E-state index contributed by atoms with van der Waals surface area (Å²) in [6, 6.07) is 15.0. The van der Waals surface area contributed by atoms with Crippen molar-refractivity contribution in [3.63, 3.8) is 0 Å². The van der Waals surface area contributed by atoms with Gasteiger partial charge in [0.25, 0.3) is 0 Å². The molecule has 0 bridgehead atoms. The molecule has 0 fully saturated rings. The molecular weight excluding hydrogens is 374 g/mol. The van der Waals surface area contributed by atoms with Crippen molar-refractivity contribution in [3.8, 4) is 5.75 Å². The molecule has 0 aromatic heterocycles. The van der Waals surface area contributed by atoms with Crippen LogP contribution in [0.1, 0.15) is 43.0 Å². The van der Waals surface area contributed by atoms with Gasteiger partial charge in [0.2, 0.25) is 0 Å². The first-order chi connectivity index (χ1) is 14.4. The number of methoxy groups -OCH3 is 1. The van der Waals surface area contributed by atoms with E-state index >= 15 is 0 Å². The van der Waals surface area contributed by atoms with Crippen LogP contribution in [0.4, 0.5) is 5.69 Å². The van der Waals surface area contributed by atoms with Crippen LogP contribution in [0.3, 0.4) is 0 Å². The number of anilines is 1. The van der Waals surface area contributed by atoms with E-state index in [2.05, 4.69) is 51.7 Å². The van der Waals surface area contributed by atoms with Crippen molar-refractivity contribution in [2.45, 2.75) is 32.7 Å². The van der Waals surface area contributed by atoms with Crippen molar-refractivity contribution in [3.05, 3.63) is 76.5 Å². The first kappa shape index (κ1) is 20.1. The van der Waals surface area contributed by atoms with Crippen LogP contribution in [-0.2, 0) is 11.2 Å². The van der Waals surface area contributed by atoms with Crippen LogP contribution in [0.15, 0.2) is 59.8 Å². The highest BCUT2D eigenvalue weighted by molar-refractivity contribution is 5.88. The van der Waals surface area contributed by atoms with Gasteiger partial charge in [-0.3, -0.25) is 15.2 Å². The molecule has 156 valence electrons. The van der Waals surface area contributed by atoms with E-state index < -0.39 is 0 Å². The highest BCUT2D eigenvalue weighted by atomic mass is 16.5. The Kier molecular flexibility index (Phi) is 5.29. The lowest BCUT2D eigenvalue weighted by atomic mass is 9.85. The van der Waals surface area contributed by atoms with E-state index in [1.807, 2.05) is 27.1 Å². The monoisotopic (exact) mass is 403 g/mol. The number of benzene rings is 2. The molecular formula is C25H29N3O2. The number of nitrogens with one attached hydrogen (secondary N) is 1. The average molecular weight is 404 g/mol. The van der Waals surface area contributed by atoms with E-state index in [0.29, 0.717) is 0 Å². The molecule has 1 aliphatic heterocycles. The summed E-state index contributed by atoms with van der Waals surface area (Å²) in [4.78, 5) is 13.9. The van der Waals surface area contributed by atoms with Crippen molar-refractivity contribution in [2.75, 3.05) is 26.1 Å². The summed E-state index contributed by atoms with van der Waals surface area (Å²) in [5.41, 5.74) is 11.9. The maximum absolute atomic E-state index is 11.8. The lowest BCUT2D eigenvalue weighted by Gasteiger charge is -2.29. The summed E-state index contributed by atoms with van der Waals surface area (Å²) in [5.74, 6) is 0.897. The second kappa shape index (κ2) is 7.90. The van der Waals surface area contributed by atoms with Crippen molar-refractivity contribution in [1.29, 1.82) is 0 Å². The Morgan fingerprint density at radius 3 is 2.50 bits per heavy atom. The number of allylic oxidation sites excluding steroid dienone is 2. The molecule has 5 nitrogen and oxygen atoms in total. The predicted octanol–water partition coefficient (Wildman–Crippen LogP) is 4.47. The minimum atomic E-state index is 0.0444. The molecule has 1 unspecified atom stereocenters. The molecule has 1 atom stereocenters. The number of hydrogen-bond acceptors (Lipinski definition) is 5. The molecule has 1 N–H and O–H groups in total. The van der Waals surface area contributed by atoms with Crippen molar-refractivity contribution < 1.29 is 9.53 Å². The normalized spacial score (nSPS) is 18.0. The summed E-state index contributed by atoms with van der Waals surface area (Å²) in [6.45, 7) is 3.58. The highest BCUT2D eigenvalue weighted by Gasteiger charge is 2.37. The van der Waals surface area contributed by atoms with Crippen LogP contribution in [0.5, 0.6) is 5.75 Å². The van der Waals surface area contributed by atoms with Gasteiger partial charge in [0, 0.05) is 37.1 Å². The Morgan fingerprint density at radius 1 is 1.13 bits per heavy atom. The first-order valence-corrected chi connectivity index (χ1v) is 10.3. The van der Waals surface area contributed by atoms with Crippen LogP contribution in [-0.4, -0.2) is 32.0 Å². The zero-order valence-corrected chi connectivity index (χ0v) is 18.3. The Morgan fingerprint density at radius 2 is 1.87 bits per heavy atom. The van der Waals surface area contributed by atoms with E-state index in [9.17, 15) is 4.79 Å². The number of aryl methyl sites for hydroxylation is 1. The molecule has 1 heterocycles. The third kappa shape index (κ3) is 3.56. The van der Waals surface area contributed by atoms with Gasteiger partial charge in [-0.1, -0.05) is 18.2 Å². The molecule has 1 aliphatic carbocycles. The van der Waals surface area contributed by atoms with Crippen LogP contribution < -0.4 is 15.1 Å². The second-order valence-electron chi connectivity index (χ2n) is 8.19. The topological polar surface area (TPSA) is 44.8 Å². The predicted molar refractivity (Wildman–Crippen MR) is 121 cm³/mol. The number of carbonyl (C=O) groups is 1. The summed E-state index contributed by atoms with van der Waals surface area (Å²) in [5, 5.41) is 2.13. The lowest BCUT2D eigenvalue weighted by Crippen LogP contribution is -2.33. The lowest BCUT2D eigenvalue weighted by molar-refractivity contribution is -0.112. The minimum absolute atomic E-state index is 0.0444. The SMILES string of the molecule is COc1ccc2c(c1)C1=C(CC2)C(c2ccc(N(C)C)cc2)N(C(C)=CC(C)=O)N1. The summed E-state index contributed by atoms with van der Waals surface area (Å²) < 4.78 is 5.48. The molecule has 0 amide bonds.